The van der Waals surface area contributed by atoms with Gasteiger partial charge in [-0.3, -0.25) is 0 Å². The normalized spacial score (nSPS) is 14.4. The Morgan fingerprint density at radius 1 is 1.35 bits per heavy atom. The number of methoxy groups -OCH3 is 1. The van der Waals surface area contributed by atoms with Gasteiger partial charge in [0.15, 0.2) is 5.82 Å². The summed E-state index contributed by atoms with van der Waals surface area (Å²) in [4.78, 5) is 9.12. The van der Waals surface area contributed by atoms with E-state index in [0.717, 1.165) is 25.0 Å². The molecule has 0 amide bonds. The second kappa shape index (κ2) is 5.77. The van der Waals surface area contributed by atoms with Gasteiger partial charge in [-0.1, -0.05) is 27.5 Å². The van der Waals surface area contributed by atoms with Crippen LogP contribution in [0.25, 0.3) is 11.4 Å². The molecule has 3 nitrogen and oxygen atoms in total. The third-order valence-electron chi connectivity index (χ3n) is 3.20. The summed E-state index contributed by atoms with van der Waals surface area (Å²) < 4.78 is 7.32. The smallest absolute Gasteiger partial charge is 0.164 e. The highest BCUT2D eigenvalue weighted by molar-refractivity contribution is 14.1. The molecule has 1 heterocycles. The highest BCUT2D eigenvalue weighted by Crippen LogP contribution is 2.43. The lowest BCUT2D eigenvalue weighted by molar-refractivity contribution is 0.416. The average Bonchev–Trinajstić information content (AvgIpc) is 3.26. The van der Waals surface area contributed by atoms with Gasteiger partial charge in [0.2, 0.25) is 0 Å². The van der Waals surface area contributed by atoms with E-state index in [-0.39, 0.29) is 0 Å². The first-order valence-electron chi connectivity index (χ1n) is 6.17. The van der Waals surface area contributed by atoms with Gasteiger partial charge in [-0.15, -0.1) is 0 Å². The van der Waals surface area contributed by atoms with Crippen molar-refractivity contribution in [2.45, 2.75) is 18.8 Å². The Kier molecular flexibility index (Phi) is 4.19. The van der Waals surface area contributed by atoms with Gasteiger partial charge in [0.1, 0.15) is 10.9 Å². The zero-order valence-electron chi connectivity index (χ0n) is 10.7. The molecule has 1 aliphatic rings. The lowest BCUT2D eigenvalue weighted by Crippen LogP contribution is -2.00. The summed E-state index contributed by atoms with van der Waals surface area (Å²) in [6, 6.07) is 5.78. The van der Waals surface area contributed by atoms with Crippen molar-refractivity contribution in [1.82, 2.24) is 9.97 Å². The monoisotopic (exact) mass is 464 g/mol. The Bertz CT molecular complexity index is 676. The molecule has 1 aromatic heterocycles. The molecule has 1 aromatic carbocycles. The SMILES string of the molecule is COc1ccc(Br)cc1-c1nc(Cl)c(I)c(C2CC2)n1. The molecule has 1 aliphatic carbocycles. The third kappa shape index (κ3) is 2.80. The van der Waals surface area contributed by atoms with E-state index in [9.17, 15) is 0 Å². The molecule has 0 bridgehead atoms. The molecule has 6 heteroatoms. The average molecular weight is 466 g/mol. The van der Waals surface area contributed by atoms with Crippen molar-refractivity contribution in [3.8, 4) is 17.1 Å². The Balaban J connectivity index is 2.17. The van der Waals surface area contributed by atoms with E-state index in [2.05, 4.69) is 43.5 Å². The van der Waals surface area contributed by atoms with E-state index in [0.29, 0.717) is 16.9 Å². The minimum Gasteiger partial charge on any atom is -0.496 e. The number of rotatable bonds is 3. The van der Waals surface area contributed by atoms with Crippen molar-refractivity contribution in [3.63, 3.8) is 0 Å². The van der Waals surface area contributed by atoms with Crippen molar-refractivity contribution < 1.29 is 4.74 Å². The van der Waals surface area contributed by atoms with Crippen LogP contribution in [-0.2, 0) is 0 Å². The van der Waals surface area contributed by atoms with E-state index in [1.807, 2.05) is 18.2 Å². The fraction of sp³-hybridized carbons (Fsp3) is 0.286. The largest absolute Gasteiger partial charge is 0.496 e. The van der Waals surface area contributed by atoms with Crippen LogP contribution in [0.4, 0.5) is 0 Å². The molecule has 2 aromatic rings. The second-order valence-electron chi connectivity index (χ2n) is 4.66. The first kappa shape index (κ1) is 14.5. The highest BCUT2D eigenvalue weighted by atomic mass is 127. The molecular formula is C14H11BrClIN2O. The molecule has 1 saturated carbocycles. The number of nitrogens with zero attached hydrogens (tertiary/aromatic N) is 2. The molecule has 0 unspecified atom stereocenters. The first-order valence-corrected chi connectivity index (χ1v) is 8.42. The standard InChI is InChI=1S/C14H11BrClIN2O/c1-20-10-5-4-8(15)6-9(10)14-18-12(7-2-3-7)11(17)13(16)19-14/h4-7H,2-3H2,1H3. The first-order chi connectivity index (χ1) is 9.60. The van der Waals surface area contributed by atoms with Crippen molar-refractivity contribution in [2.75, 3.05) is 7.11 Å². The molecule has 3 rings (SSSR count). The molecule has 0 radical (unpaired) electrons. The van der Waals surface area contributed by atoms with Gasteiger partial charge in [0, 0.05) is 10.4 Å². The summed E-state index contributed by atoms with van der Waals surface area (Å²) in [5.74, 6) is 1.89. The Labute approximate surface area is 144 Å². The lowest BCUT2D eigenvalue weighted by atomic mass is 10.1. The zero-order chi connectivity index (χ0) is 14.3. The summed E-state index contributed by atoms with van der Waals surface area (Å²) in [6.45, 7) is 0. The molecule has 104 valence electrons. The summed E-state index contributed by atoms with van der Waals surface area (Å²) in [5.41, 5.74) is 1.91. The van der Waals surface area contributed by atoms with Gasteiger partial charge in [-0.2, -0.15) is 0 Å². The van der Waals surface area contributed by atoms with Gasteiger partial charge in [0.25, 0.3) is 0 Å². The van der Waals surface area contributed by atoms with Crippen LogP contribution in [0.15, 0.2) is 22.7 Å². The molecule has 0 atom stereocenters. The maximum absolute atomic E-state index is 6.26. The van der Waals surface area contributed by atoms with Crippen LogP contribution in [0.2, 0.25) is 5.15 Å². The van der Waals surface area contributed by atoms with Crippen LogP contribution < -0.4 is 4.74 Å². The number of hydrogen-bond acceptors (Lipinski definition) is 3. The molecular weight excluding hydrogens is 454 g/mol. The maximum atomic E-state index is 6.26. The third-order valence-corrected chi connectivity index (χ3v) is 5.35. The highest BCUT2D eigenvalue weighted by Gasteiger charge is 2.29. The summed E-state index contributed by atoms with van der Waals surface area (Å²) in [6.07, 6.45) is 2.36. The fourth-order valence-corrected chi connectivity index (χ4v) is 3.26. The van der Waals surface area contributed by atoms with Crippen LogP contribution in [-0.4, -0.2) is 17.1 Å². The number of halogens is 3. The van der Waals surface area contributed by atoms with E-state index in [1.165, 1.54) is 12.8 Å². The van der Waals surface area contributed by atoms with Gasteiger partial charge in [-0.25, -0.2) is 9.97 Å². The predicted octanol–water partition coefficient (Wildman–Crippen LogP) is 5.05. The van der Waals surface area contributed by atoms with Crippen LogP contribution in [0, 0.1) is 3.57 Å². The fourth-order valence-electron chi connectivity index (χ4n) is 2.04. The van der Waals surface area contributed by atoms with E-state index < -0.39 is 0 Å². The van der Waals surface area contributed by atoms with Crippen LogP contribution in [0.1, 0.15) is 24.5 Å². The number of aromatic nitrogens is 2. The minimum atomic E-state index is 0.513. The van der Waals surface area contributed by atoms with E-state index in [4.69, 9.17) is 21.3 Å². The Morgan fingerprint density at radius 2 is 2.10 bits per heavy atom. The number of ether oxygens (including phenoxy) is 1. The molecule has 1 fully saturated rings. The topological polar surface area (TPSA) is 35.0 Å². The van der Waals surface area contributed by atoms with Gasteiger partial charge in [-0.05, 0) is 53.6 Å². The molecule has 0 saturated heterocycles. The predicted molar refractivity (Wildman–Crippen MR) is 91.4 cm³/mol. The lowest BCUT2D eigenvalue weighted by Gasteiger charge is -2.11. The van der Waals surface area contributed by atoms with Crippen LogP contribution in [0.5, 0.6) is 5.75 Å². The quantitative estimate of drug-likeness (QED) is 0.470. The van der Waals surface area contributed by atoms with E-state index >= 15 is 0 Å². The minimum absolute atomic E-state index is 0.513. The van der Waals surface area contributed by atoms with Gasteiger partial charge >= 0.3 is 0 Å². The summed E-state index contributed by atoms with van der Waals surface area (Å²) in [7, 11) is 1.64. The van der Waals surface area contributed by atoms with Crippen molar-refractivity contribution in [2.24, 2.45) is 0 Å². The summed E-state index contributed by atoms with van der Waals surface area (Å²) in [5, 5.41) is 0.513. The Hall–Kier alpha value is -0.400. The van der Waals surface area contributed by atoms with Crippen LogP contribution in [0.3, 0.4) is 0 Å². The second-order valence-corrected chi connectivity index (χ2v) is 7.01. The molecule has 20 heavy (non-hydrogen) atoms. The number of benzene rings is 1. The van der Waals surface area contributed by atoms with Crippen molar-refractivity contribution in [1.29, 1.82) is 0 Å². The van der Waals surface area contributed by atoms with Crippen molar-refractivity contribution in [3.05, 3.63) is 37.1 Å². The zero-order valence-corrected chi connectivity index (χ0v) is 15.2. The molecule has 0 aliphatic heterocycles. The summed E-state index contributed by atoms with van der Waals surface area (Å²) >= 11 is 12.0. The molecule has 0 N–H and O–H groups in total. The van der Waals surface area contributed by atoms with Crippen LogP contribution >= 0.6 is 50.1 Å². The number of hydrogen-bond donors (Lipinski definition) is 0. The Morgan fingerprint density at radius 3 is 2.75 bits per heavy atom. The van der Waals surface area contributed by atoms with Gasteiger partial charge < -0.3 is 4.74 Å². The van der Waals surface area contributed by atoms with Gasteiger partial charge in [0.05, 0.1) is 21.9 Å². The maximum Gasteiger partial charge on any atom is 0.164 e. The molecule has 0 spiro atoms. The van der Waals surface area contributed by atoms with Crippen molar-refractivity contribution >= 4 is 50.1 Å². The van der Waals surface area contributed by atoms with E-state index in [1.54, 1.807) is 7.11 Å².